The van der Waals surface area contributed by atoms with Gasteiger partial charge >= 0.3 is 0 Å². The van der Waals surface area contributed by atoms with Crippen molar-refractivity contribution in [1.82, 2.24) is 10.2 Å². The number of carbonyl (C=O) groups excluding carboxylic acids is 2. The Kier molecular flexibility index (Phi) is 5.60. The fourth-order valence-corrected chi connectivity index (χ4v) is 3.13. The van der Waals surface area contributed by atoms with Gasteiger partial charge in [-0.05, 0) is 34.4 Å². The number of furan rings is 1. The number of carbonyl (C=O) groups is 2. The maximum atomic E-state index is 13.0. The maximum Gasteiger partial charge on any atom is 0.287 e. The monoisotopic (exact) mass is 364 g/mol. The fraction of sp³-hybridized carbons (Fsp3) is 0.273. The molecule has 0 saturated carbocycles. The van der Waals surface area contributed by atoms with Crippen LogP contribution in [0.25, 0.3) is 10.8 Å². The number of nitrogens with one attached hydrogen (secondary N) is 1. The molecule has 1 unspecified atom stereocenters. The van der Waals surface area contributed by atoms with E-state index in [4.69, 9.17) is 4.42 Å². The zero-order valence-electron chi connectivity index (χ0n) is 15.8. The zero-order valence-corrected chi connectivity index (χ0v) is 15.8. The van der Waals surface area contributed by atoms with Crippen molar-refractivity contribution < 1.29 is 14.0 Å². The van der Waals surface area contributed by atoms with E-state index in [1.807, 2.05) is 38.1 Å². The molecule has 0 radical (unpaired) electrons. The number of hydrogen-bond acceptors (Lipinski definition) is 3. The van der Waals surface area contributed by atoms with Crippen molar-refractivity contribution in [2.45, 2.75) is 26.4 Å². The Morgan fingerprint density at radius 1 is 1.04 bits per heavy atom. The second-order valence-electron chi connectivity index (χ2n) is 7.01. The predicted octanol–water partition coefficient (Wildman–Crippen LogP) is 3.85. The van der Waals surface area contributed by atoms with Crippen LogP contribution in [0.2, 0.25) is 0 Å². The van der Waals surface area contributed by atoms with Crippen molar-refractivity contribution in [3.05, 3.63) is 72.2 Å². The Balaban J connectivity index is 1.76. The van der Waals surface area contributed by atoms with Gasteiger partial charge in [-0.25, -0.2) is 0 Å². The third-order valence-electron chi connectivity index (χ3n) is 4.63. The quantitative estimate of drug-likeness (QED) is 0.723. The first-order chi connectivity index (χ1) is 13.0. The van der Waals surface area contributed by atoms with Crippen LogP contribution in [-0.2, 0) is 11.3 Å². The Morgan fingerprint density at radius 2 is 1.78 bits per heavy atom. The highest BCUT2D eigenvalue weighted by molar-refractivity contribution is 5.95. The molecule has 0 fully saturated rings. The molecule has 5 nitrogen and oxygen atoms in total. The van der Waals surface area contributed by atoms with Gasteiger partial charge in [0.15, 0.2) is 5.76 Å². The molecule has 27 heavy (non-hydrogen) atoms. The summed E-state index contributed by atoms with van der Waals surface area (Å²) in [7, 11) is 1.76. The molecule has 3 rings (SSSR count). The number of benzene rings is 2. The van der Waals surface area contributed by atoms with Crippen LogP contribution in [0.15, 0.2) is 65.3 Å². The summed E-state index contributed by atoms with van der Waals surface area (Å²) in [4.78, 5) is 27.0. The zero-order chi connectivity index (χ0) is 19.4. The average molecular weight is 364 g/mol. The van der Waals surface area contributed by atoms with Crippen LogP contribution in [0.1, 0.15) is 30.0 Å². The summed E-state index contributed by atoms with van der Waals surface area (Å²) < 4.78 is 5.12. The lowest BCUT2D eigenvalue weighted by molar-refractivity contribution is -0.133. The van der Waals surface area contributed by atoms with Crippen molar-refractivity contribution in [2.75, 3.05) is 7.05 Å². The molecular formula is C22H24N2O3. The number of hydrogen-bond donors (Lipinski definition) is 1. The van der Waals surface area contributed by atoms with E-state index in [0.29, 0.717) is 6.54 Å². The minimum Gasteiger partial charge on any atom is -0.459 e. The van der Waals surface area contributed by atoms with Crippen molar-refractivity contribution in [3.63, 3.8) is 0 Å². The van der Waals surface area contributed by atoms with Crippen molar-refractivity contribution in [3.8, 4) is 0 Å². The molecule has 5 heteroatoms. The predicted molar refractivity (Wildman–Crippen MR) is 105 cm³/mol. The normalized spacial score (nSPS) is 12.1. The van der Waals surface area contributed by atoms with Crippen LogP contribution >= 0.6 is 0 Å². The second kappa shape index (κ2) is 8.08. The van der Waals surface area contributed by atoms with Crippen LogP contribution in [-0.4, -0.2) is 29.8 Å². The van der Waals surface area contributed by atoms with Crippen LogP contribution in [0.5, 0.6) is 0 Å². The topological polar surface area (TPSA) is 62.6 Å². The van der Waals surface area contributed by atoms with Gasteiger partial charge in [0.1, 0.15) is 6.04 Å². The smallest absolute Gasteiger partial charge is 0.287 e. The van der Waals surface area contributed by atoms with E-state index in [1.165, 1.54) is 6.26 Å². The average Bonchev–Trinajstić information content (AvgIpc) is 3.20. The summed E-state index contributed by atoms with van der Waals surface area (Å²) in [6, 6.07) is 16.8. The highest BCUT2D eigenvalue weighted by Gasteiger charge is 2.28. The van der Waals surface area contributed by atoms with E-state index < -0.39 is 6.04 Å². The van der Waals surface area contributed by atoms with Gasteiger partial charge in [-0.3, -0.25) is 9.59 Å². The third kappa shape index (κ3) is 4.19. The molecule has 0 aliphatic heterocycles. The van der Waals surface area contributed by atoms with Crippen molar-refractivity contribution in [1.29, 1.82) is 0 Å². The van der Waals surface area contributed by atoms with Gasteiger partial charge in [0.2, 0.25) is 5.91 Å². The molecule has 1 atom stereocenters. The molecule has 1 aromatic heterocycles. The lowest BCUT2D eigenvalue weighted by Crippen LogP contribution is -2.49. The summed E-state index contributed by atoms with van der Waals surface area (Å²) in [6.07, 6.45) is 1.44. The first kappa shape index (κ1) is 18.7. The molecule has 2 amide bonds. The van der Waals surface area contributed by atoms with Gasteiger partial charge in [-0.2, -0.15) is 0 Å². The third-order valence-corrected chi connectivity index (χ3v) is 4.63. The molecular weight excluding hydrogens is 340 g/mol. The molecule has 0 spiro atoms. The van der Waals surface area contributed by atoms with Gasteiger partial charge in [0, 0.05) is 13.6 Å². The minimum absolute atomic E-state index is 0.0496. The number of nitrogens with zero attached hydrogens (tertiary/aromatic N) is 1. The maximum absolute atomic E-state index is 13.0. The summed E-state index contributed by atoms with van der Waals surface area (Å²) in [5.74, 6) is -0.361. The highest BCUT2D eigenvalue weighted by Crippen LogP contribution is 2.20. The first-order valence-electron chi connectivity index (χ1n) is 9.03. The van der Waals surface area contributed by atoms with Crippen molar-refractivity contribution in [2.24, 2.45) is 5.92 Å². The Morgan fingerprint density at radius 3 is 2.48 bits per heavy atom. The van der Waals surface area contributed by atoms with E-state index in [0.717, 1.165) is 16.3 Å². The summed E-state index contributed by atoms with van der Waals surface area (Å²) in [5.41, 5.74) is 1.07. The Hall–Kier alpha value is -3.08. The molecule has 140 valence electrons. The fourth-order valence-electron chi connectivity index (χ4n) is 3.13. The molecule has 0 saturated heterocycles. The van der Waals surface area contributed by atoms with Gasteiger partial charge < -0.3 is 14.6 Å². The summed E-state index contributed by atoms with van der Waals surface area (Å²) in [5, 5.41) is 5.07. The lowest BCUT2D eigenvalue weighted by atomic mass is 10.0. The Bertz CT molecular complexity index is 926. The number of likely N-dealkylation sites (N-methyl/N-ethyl adjacent to an activating group) is 1. The van der Waals surface area contributed by atoms with Crippen LogP contribution in [0.4, 0.5) is 0 Å². The molecule has 0 bridgehead atoms. The van der Waals surface area contributed by atoms with Gasteiger partial charge in [-0.15, -0.1) is 0 Å². The molecule has 1 N–H and O–H groups in total. The van der Waals surface area contributed by atoms with E-state index >= 15 is 0 Å². The number of rotatable bonds is 6. The lowest BCUT2D eigenvalue weighted by Gasteiger charge is -2.27. The Labute approximate surface area is 159 Å². The van der Waals surface area contributed by atoms with E-state index in [2.05, 4.69) is 23.5 Å². The SMILES string of the molecule is CC(C)C(NC(=O)c1ccco1)C(=O)N(C)Cc1cccc2ccccc12. The molecule has 3 aromatic rings. The molecule has 0 aliphatic rings. The number of amides is 2. The van der Waals surface area contributed by atoms with E-state index in [1.54, 1.807) is 24.1 Å². The minimum atomic E-state index is -0.623. The van der Waals surface area contributed by atoms with Crippen LogP contribution in [0, 0.1) is 5.92 Å². The van der Waals surface area contributed by atoms with Gasteiger partial charge in [0.25, 0.3) is 5.91 Å². The largest absolute Gasteiger partial charge is 0.459 e. The first-order valence-corrected chi connectivity index (χ1v) is 9.03. The summed E-state index contributed by atoms with van der Waals surface area (Å²) >= 11 is 0. The van der Waals surface area contributed by atoms with Gasteiger partial charge in [0.05, 0.1) is 6.26 Å². The standard InChI is InChI=1S/C22H24N2O3/c1-15(2)20(23-21(25)19-12-7-13-27-19)22(26)24(3)14-17-10-6-9-16-8-4-5-11-18(16)17/h4-13,15,20H,14H2,1-3H3,(H,23,25). The molecule has 0 aliphatic carbocycles. The number of fused-ring (bicyclic) bond motifs is 1. The van der Waals surface area contributed by atoms with Crippen LogP contribution in [0.3, 0.4) is 0 Å². The molecule has 2 aromatic carbocycles. The summed E-state index contributed by atoms with van der Waals surface area (Å²) in [6.45, 7) is 4.30. The van der Waals surface area contributed by atoms with Gasteiger partial charge in [-0.1, -0.05) is 56.3 Å². The highest BCUT2D eigenvalue weighted by atomic mass is 16.3. The van der Waals surface area contributed by atoms with Crippen LogP contribution < -0.4 is 5.32 Å². The van der Waals surface area contributed by atoms with Crippen molar-refractivity contribution >= 4 is 22.6 Å². The molecule has 1 heterocycles. The van der Waals surface area contributed by atoms with E-state index in [9.17, 15) is 9.59 Å². The van der Waals surface area contributed by atoms with E-state index in [-0.39, 0.29) is 23.5 Å². The second-order valence-corrected chi connectivity index (χ2v) is 7.01.